The second kappa shape index (κ2) is 7.56. The third-order valence-electron chi connectivity index (χ3n) is 3.81. The predicted octanol–water partition coefficient (Wildman–Crippen LogP) is 1.66. The lowest BCUT2D eigenvalue weighted by molar-refractivity contribution is -0.140. The Hall–Kier alpha value is -1.40. The fraction of sp³-hybridized carbons (Fsp3) is 0.600. The number of hydrogen-bond donors (Lipinski definition) is 3. The maximum Gasteiger partial charge on any atom is 0.309 e. The quantitative estimate of drug-likeness (QED) is 0.740. The molecule has 1 unspecified atom stereocenters. The molecule has 5 nitrogen and oxygen atoms in total. The van der Waals surface area contributed by atoms with E-state index in [2.05, 4.69) is 10.6 Å². The van der Waals surface area contributed by atoms with Crippen molar-refractivity contribution in [3.8, 4) is 0 Å². The number of rotatable bonds is 4. The zero-order valence-corrected chi connectivity index (χ0v) is 13.0. The van der Waals surface area contributed by atoms with Crippen LogP contribution >= 0.6 is 11.3 Å². The number of carbonyl (C=O) groups is 2. The Morgan fingerprint density at radius 3 is 2.67 bits per heavy atom. The van der Waals surface area contributed by atoms with Crippen molar-refractivity contribution in [3.63, 3.8) is 0 Å². The van der Waals surface area contributed by atoms with E-state index in [4.69, 9.17) is 0 Å². The molecule has 2 amide bonds. The molecule has 1 saturated carbocycles. The number of hydrogen-bond acceptors (Lipinski definition) is 4. The molecule has 21 heavy (non-hydrogen) atoms. The molecule has 6 heteroatoms. The number of thiophene rings is 1. The maximum atomic E-state index is 11.8. The molecule has 0 radical (unpaired) electrons. The van der Waals surface area contributed by atoms with E-state index >= 15 is 0 Å². The van der Waals surface area contributed by atoms with Gasteiger partial charge in [0.1, 0.15) is 6.10 Å². The fourth-order valence-corrected chi connectivity index (χ4v) is 3.50. The van der Waals surface area contributed by atoms with Gasteiger partial charge >= 0.3 is 11.8 Å². The summed E-state index contributed by atoms with van der Waals surface area (Å²) in [6.07, 6.45) is 4.51. The van der Waals surface area contributed by atoms with Crippen LogP contribution < -0.4 is 10.6 Å². The average molecular weight is 310 g/mol. The molecular weight excluding hydrogens is 288 g/mol. The smallest absolute Gasteiger partial charge is 0.309 e. The van der Waals surface area contributed by atoms with Crippen LogP contribution in [0.1, 0.15) is 48.6 Å². The third kappa shape index (κ3) is 4.54. The summed E-state index contributed by atoms with van der Waals surface area (Å²) in [5.41, 5.74) is 0.994. The van der Waals surface area contributed by atoms with Crippen LogP contribution in [0.2, 0.25) is 0 Å². The van der Waals surface area contributed by atoms with Gasteiger partial charge in [-0.05, 0) is 36.8 Å². The average Bonchev–Trinajstić information content (AvgIpc) is 2.91. The van der Waals surface area contributed by atoms with Crippen molar-refractivity contribution in [3.05, 3.63) is 21.9 Å². The minimum absolute atomic E-state index is 0.0538. The highest BCUT2D eigenvalue weighted by Crippen LogP contribution is 2.23. The lowest BCUT2D eigenvalue weighted by Gasteiger charge is -2.22. The Labute approximate surface area is 128 Å². The van der Waals surface area contributed by atoms with Crippen molar-refractivity contribution in [1.29, 1.82) is 0 Å². The van der Waals surface area contributed by atoms with Gasteiger partial charge in [0, 0.05) is 17.5 Å². The monoisotopic (exact) mass is 310 g/mol. The van der Waals surface area contributed by atoms with Gasteiger partial charge in [0.25, 0.3) is 0 Å². The van der Waals surface area contributed by atoms with E-state index in [1.54, 1.807) is 0 Å². The van der Waals surface area contributed by atoms with Gasteiger partial charge in [0.15, 0.2) is 0 Å². The first-order chi connectivity index (χ1) is 10.1. The van der Waals surface area contributed by atoms with E-state index in [9.17, 15) is 14.7 Å². The van der Waals surface area contributed by atoms with Gasteiger partial charge in [-0.1, -0.05) is 19.3 Å². The summed E-state index contributed by atoms with van der Waals surface area (Å²) in [4.78, 5) is 24.3. The summed E-state index contributed by atoms with van der Waals surface area (Å²) in [7, 11) is 0. The molecule has 0 bridgehead atoms. The van der Waals surface area contributed by atoms with Crippen LogP contribution in [-0.2, 0) is 9.59 Å². The van der Waals surface area contributed by atoms with Crippen LogP contribution in [0.4, 0.5) is 0 Å². The molecule has 1 aromatic rings. The van der Waals surface area contributed by atoms with Crippen LogP contribution in [-0.4, -0.2) is 29.5 Å². The van der Waals surface area contributed by atoms with Gasteiger partial charge in [-0.3, -0.25) is 9.59 Å². The maximum absolute atomic E-state index is 11.8. The van der Waals surface area contributed by atoms with Gasteiger partial charge in [0.05, 0.1) is 0 Å². The van der Waals surface area contributed by atoms with Crippen LogP contribution in [0.3, 0.4) is 0 Å². The molecule has 1 fully saturated rings. The van der Waals surface area contributed by atoms with Crippen LogP contribution in [0.5, 0.6) is 0 Å². The summed E-state index contributed by atoms with van der Waals surface area (Å²) in [5.74, 6) is -1.27. The van der Waals surface area contributed by atoms with Crippen molar-refractivity contribution in [2.45, 2.75) is 51.2 Å². The van der Waals surface area contributed by atoms with E-state index < -0.39 is 17.9 Å². The Bertz CT molecular complexity index is 495. The van der Waals surface area contributed by atoms with Crippen molar-refractivity contribution < 1.29 is 14.7 Å². The molecule has 0 aromatic carbocycles. The lowest BCUT2D eigenvalue weighted by atomic mass is 9.95. The first-order valence-electron chi connectivity index (χ1n) is 7.38. The van der Waals surface area contributed by atoms with Gasteiger partial charge in [0.2, 0.25) is 0 Å². The SMILES string of the molecule is Cc1ccsc1C(O)CNC(=O)C(=O)NC1CCCCC1. The van der Waals surface area contributed by atoms with Crippen LogP contribution in [0.15, 0.2) is 11.4 Å². The molecular formula is C15H22N2O3S. The number of aliphatic hydroxyl groups excluding tert-OH is 1. The summed E-state index contributed by atoms with van der Waals surface area (Å²) >= 11 is 1.44. The number of nitrogens with one attached hydrogen (secondary N) is 2. The van der Waals surface area contributed by atoms with Crippen molar-refractivity contribution in [1.82, 2.24) is 10.6 Å². The summed E-state index contributed by atoms with van der Waals surface area (Å²) in [5, 5.41) is 17.2. The molecule has 1 aliphatic carbocycles. The molecule has 0 saturated heterocycles. The molecule has 3 N–H and O–H groups in total. The second-order valence-corrected chi connectivity index (χ2v) is 6.45. The molecule has 2 rings (SSSR count). The van der Waals surface area contributed by atoms with E-state index in [1.807, 2.05) is 18.4 Å². The Balaban J connectivity index is 1.75. The third-order valence-corrected chi connectivity index (χ3v) is 4.93. The van der Waals surface area contributed by atoms with Crippen molar-refractivity contribution >= 4 is 23.2 Å². The number of aryl methyl sites for hydroxylation is 1. The summed E-state index contributed by atoms with van der Waals surface area (Å²) in [6.45, 7) is 1.96. The van der Waals surface area contributed by atoms with Gasteiger partial charge in [-0.25, -0.2) is 0 Å². The minimum Gasteiger partial charge on any atom is -0.386 e. The normalized spacial score (nSPS) is 17.2. The Kier molecular flexibility index (Phi) is 5.76. The van der Waals surface area contributed by atoms with Crippen LogP contribution in [0.25, 0.3) is 0 Å². The first-order valence-corrected chi connectivity index (χ1v) is 8.26. The number of amides is 2. The van der Waals surface area contributed by atoms with Gasteiger partial charge < -0.3 is 15.7 Å². The zero-order chi connectivity index (χ0) is 15.2. The van der Waals surface area contributed by atoms with E-state index in [-0.39, 0.29) is 12.6 Å². The molecule has 0 aliphatic heterocycles. The highest BCUT2D eigenvalue weighted by atomic mass is 32.1. The molecule has 1 aliphatic rings. The Morgan fingerprint density at radius 1 is 1.33 bits per heavy atom. The highest BCUT2D eigenvalue weighted by Gasteiger charge is 2.21. The van der Waals surface area contributed by atoms with Crippen molar-refractivity contribution in [2.24, 2.45) is 0 Å². The van der Waals surface area contributed by atoms with Crippen molar-refractivity contribution in [2.75, 3.05) is 6.54 Å². The fourth-order valence-electron chi connectivity index (χ4n) is 2.59. The largest absolute Gasteiger partial charge is 0.386 e. The van der Waals surface area contributed by atoms with Crippen LogP contribution in [0, 0.1) is 6.92 Å². The standard InChI is InChI=1S/C15H22N2O3S/c1-10-7-8-21-13(10)12(18)9-16-14(19)15(20)17-11-5-3-2-4-6-11/h7-8,11-12,18H,2-6,9H2,1H3,(H,16,19)(H,17,20). The number of aliphatic hydroxyl groups is 1. The number of carbonyl (C=O) groups excluding carboxylic acids is 2. The summed E-state index contributed by atoms with van der Waals surface area (Å²) in [6, 6.07) is 2.03. The summed E-state index contributed by atoms with van der Waals surface area (Å²) < 4.78 is 0. The molecule has 1 atom stereocenters. The first kappa shape index (κ1) is 16.0. The van der Waals surface area contributed by atoms with E-state index in [0.717, 1.165) is 36.1 Å². The predicted molar refractivity (Wildman–Crippen MR) is 82.0 cm³/mol. The molecule has 0 spiro atoms. The lowest BCUT2D eigenvalue weighted by Crippen LogP contribution is -2.46. The highest BCUT2D eigenvalue weighted by molar-refractivity contribution is 7.10. The topological polar surface area (TPSA) is 78.4 Å². The van der Waals surface area contributed by atoms with E-state index in [0.29, 0.717) is 0 Å². The van der Waals surface area contributed by atoms with Gasteiger partial charge in [-0.15, -0.1) is 11.3 Å². The minimum atomic E-state index is -0.767. The molecule has 1 heterocycles. The van der Waals surface area contributed by atoms with Gasteiger partial charge in [-0.2, -0.15) is 0 Å². The molecule has 116 valence electrons. The molecule has 1 aromatic heterocycles. The zero-order valence-electron chi connectivity index (χ0n) is 12.2. The second-order valence-electron chi connectivity index (χ2n) is 5.50. The Morgan fingerprint density at radius 2 is 2.05 bits per heavy atom. The van der Waals surface area contributed by atoms with E-state index in [1.165, 1.54) is 17.8 Å².